The van der Waals surface area contributed by atoms with E-state index in [-0.39, 0.29) is 6.03 Å². The molecule has 0 aliphatic rings. The van der Waals surface area contributed by atoms with Crippen molar-refractivity contribution in [2.45, 2.75) is 40.0 Å². The van der Waals surface area contributed by atoms with Gasteiger partial charge in [0.05, 0.1) is 0 Å². The molecule has 0 radical (unpaired) electrons. The van der Waals surface area contributed by atoms with Crippen LogP contribution in [0.25, 0.3) is 0 Å². The second-order valence-corrected chi connectivity index (χ2v) is 4.34. The van der Waals surface area contributed by atoms with E-state index in [0.29, 0.717) is 0 Å². The highest BCUT2D eigenvalue weighted by atomic mass is 16.2. The molecule has 0 heterocycles. The van der Waals surface area contributed by atoms with Crippen molar-refractivity contribution in [1.82, 2.24) is 5.32 Å². The predicted octanol–water partition coefficient (Wildman–Crippen LogP) is 3.62. The first-order chi connectivity index (χ1) is 8.15. The van der Waals surface area contributed by atoms with Crippen molar-refractivity contribution >= 4 is 11.7 Å². The van der Waals surface area contributed by atoms with E-state index < -0.39 is 0 Å². The van der Waals surface area contributed by atoms with Crippen molar-refractivity contribution in [3.05, 3.63) is 29.3 Å². The molecule has 3 heteroatoms. The lowest BCUT2D eigenvalue weighted by Crippen LogP contribution is -2.29. The Bertz CT molecular complexity index is 374. The number of rotatable bonds is 5. The molecule has 3 nitrogen and oxygen atoms in total. The monoisotopic (exact) mass is 234 g/mol. The number of aryl methyl sites for hydroxylation is 1. The Morgan fingerprint density at radius 2 is 2.00 bits per heavy atom. The minimum absolute atomic E-state index is 0.116. The van der Waals surface area contributed by atoms with Gasteiger partial charge in [0.25, 0.3) is 0 Å². The molecule has 2 amide bonds. The van der Waals surface area contributed by atoms with Gasteiger partial charge in [0.1, 0.15) is 0 Å². The smallest absolute Gasteiger partial charge is 0.319 e. The zero-order valence-corrected chi connectivity index (χ0v) is 11.0. The number of carbonyl (C=O) groups excluding carboxylic acids is 1. The zero-order chi connectivity index (χ0) is 12.7. The van der Waals surface area contributed by atoms with Crippen molar-refractivity contribution in [2.24, 2.45) is 0 Å². The standard InChI is InChI=1S/C14H22N2O/c1-4-5-6-10-15-14(17)16-13-9-7-8-11(2)12(13)3/h7-9H,4-6,10H2,1-3H3,(H2,15,16,17). The Morgan fingerprint density at radius 1 is 1.24 bits per heavy atom. The van der Waals surface area contributed by atoms with Crippen LogP contribution in [0.1, 0.15) is 37.3 Å². The summed E-state index contributed by atoms with van der Waals surface area (Å²) < 4.78 is 0. The molecule has 2 N–H and O–H groups in total. The number of hydrogen-bond donors (Lipinski definition) is 2. The predicted molar refractivity (Wildman–Crippen MR) is 72.5 cm³/mol. The third-order valence-electron chi connectivity index (χ3n) is 2.92. The summed E-state index contributed by atoms with van der Waals surface area (Å²) in [6.07, 6.45) is 3.36. The quantitative estimate of drug-likeness (QED) is 0.751. The first kappa shape index (κ1) is 13.6. The summed E-state index contributed by atoms with van der Waals surface area (Å²) in [5, 5.41) is 5.74. The molecule has 0 saturated carbocycles. The average Bonchev–Trinajstić information content (AvgIpc) is 2.31. The summed E-state index contributed by atoms with van der Waals surface area (Å²) in [6, 6.07) is 5.80. The average molecular weight is 234 g/mol. The zero-order valence-electron chi connectivity index (χ0n) is 11.0. The van der Waals surface area contributed by atoms with Crippen LogP contribution in [0.3, 0.4) is 0 Å². The Labute approximate surface area is 104 Å². The first-order valence-corrected chi connectivity index (χ1v) is 6.26. The van der Waals surface area contributed by atoms with Gasteiger partial charge in [-0.25, -0.2) is 4.79 Å². The van der Waals surface area contributed by atoms with Gasteiger partial charge < -0.3 is 10.6 Å². The molecule has 0 bridgehead atoms. The molecule has 0 spiro atoms. The van der Waals surface area contributed by atoms with E-state index >= 15 is 0 Å². The van der Waals surface area contributed by atoms with Crippen LogP contribution in [0.15, 0.2) is 18.2 Å². The van der Waals surface area contributed by atoms with Crippen LogP contribution in [-0.4, -0.2) is 12.6 Å². The van der Waals surface area contributed by atoms with Crippen molar-refractivity contribution < 1.29 is 4.79 Å². The summed E-state index contributed by atoms with van der Waals surface area (Å²) >= 11 is 0. The van der Waals surface area contributed by atoms with Crippen molar-refractivity contribution in [3.63, 3.8) is 0 Å². The molecule has 94 valence electrons. The van der Waals surface area contributed by atoms with Gasteiger partial charge in [-0.05, 0) is 37.5 Å². The summed E-state index contributed by atoms with van der Waals surface area (Å²) in [5.41, 5.74) is 3.20. The normalized spacial score (nSPS) is 10.1. The maximum absolute atomic E-state index is 11.6. The highest BCUT2D eigenvalue weighted by molar-refractivity contribution is 5.90. The van der Waals surface area contributed by atoms with Gasteiger partial charge >= 0.3 is 6.03 Å². The Kier molecular flexibility index (Phi) is 5.53. The van der Waals surface area contributed by atoms with Gasteiger partial charge in [-0.3, -0.25) is 0 Å². The molecule has 0 atom stereocenters. The van der Waals surface area contributed by atoms with Crippen LogP contribution in [0.4, 0.5) is 10.5 Å². The van der Waals surface area contributed by atoms with Gasteiger partial charge in [0.2, 0.25) is 0 Å². The third kappa shape index (κ3) is 4.47. The molecule has 0 aliphatic heterocycles. The lowest BCUT2D eigenvalue weighted by atomic mass is 10.1. The Morgan fingerprint density at radius 3 is 2.71 bits per heavy atom. The number of anilines is 1. The molecule has 0 aliphatic carbocycles. The topological polar surface area (TPSA) is 41.1 Å². The SMILES string of the molecule is CCCCCNC(=O)Nc1cccc(C)c1C. The van der Waals surface area contributed by atoms with Crippen LogP contribution in [-0.2, 0) is 0 Å². The van der Waals surface area contributed by atoms with Gasteiger partial charge in [-0.2, -0.15) is 0 Å². The molecule has 1 rings (SSSR count). The first-order valence-electron chi connectivity index (χ1n) is 6.26. The molecule has 0 unspecified atom stereocenters. The fraction of sp³-hybridized carbons (Fsp3) is 0.500. The molecule has 0 fully saturated rings. The summed E-state index contributed by atoms with van der Waals surface area (Å²) in [7, 11) is 0. The molecule has 1 aromatic carbocycles. The Hall–Kier alpha value is -1.51. The molecule has 1 aromatic rings. The van der Waals surface area contributed by atoms with E-state index in [1.54, 1.807) is 0 Å². The largest absolute Gasteiger partial charge is 0.338 e. The molecule has 0 saturated heterocycles. The van der Waals surface area contributed by atoms with Crippen LogP contribution in [0, 0.1) is 13.8 Å². The number of amides is 2. The van der Waals surface area contributed by atoms with Gasteiger partial charge in [0, 0.05) is 12.2 Å². The number of unbranched alkanes of at least 4 members (excludes halogenated alkanes) is 2. The second kappa shape index (κ2) is 6.94. The highest BCUT2D eigenvalue weighted by Gasteiger charge is 2.04. The van der Waals surface area contributed by atoms with E-state index in [1.165, 1.54) is 12.0 Å². The van der Waals surface area contributed by atoms with Gasteiger partial charge in [0.15, 0.2) is 0 Å². The van der Waals surface area contributed by atoms with Crippen LogP contribution in [0.5, 0.6) is 0 Å². The molecular formula is C14H22N2O. The number of urea groups is 1. The third-order valence-corrected chi connectivity index (χ3v) is 2.92. The lowest BCUT2D eigenvalue weighted by molar-refractivity contribution is 0.252. The fourth-order valence-corrected chi connectivity index (χ4v) is 1.63. The van der Waals surface area contributed by atoms with E-state index in [9.17, 15) is 4.79 Å². The molecule has 17 heavy (non-hydrogen) atoms. The van der Waals surface area contributed by atoms with Crippen molar-refractivity contribution in [1.29, 1.82) is 0 Å². The number of nitrogens with one attached hydrogen (secondary N) is 2. The molecule has 0 aromatic heterocycles. The number of hydrogen-bond acceptors (Lipinski definition) is 1. The molecular weight excluding hydrogens is 212 g/mol. The maximum atomic E-state index is 11.6. The van der Waals surface area contributed by atoms with Crippen LogP contribution in [0.2, 0.25) is 0 Å². The van der Waals surface area contributed by atoms with E-state index in [2.05, 4.69) is 17.6 Å². The Balaban J connectivity index is 2.43. The fourth-order valence-electron chi connectivity index (χ4n) is 1.63. The summed E-state index contributed by atoms with van der Waals surface area (Å²) in [4.78, 5) is 11.6. The van der Waals surface area contributed by atoms with E-state index in [1.807, 2.05) is 32.0 Å². The minimum Gasteiger partial charge on any atom is -0.338 e. The van der Waals surface area contributed by atoms with Crippen LogP contribution < -0.4 is 10.6 Å². The second-order valence-electron chi connectivity index (χ2n) is 4.34. The van der Waals surface area contributed by atoms with Gasteiger partial charge in [-0.15, -0.1) is 0 Å². The van der Waals surface area contributed by atoms with E-state index in [4.69, 9.17) is 0 Å². The summed E-state index contributed by atoms with van der Waals surface area (Å²) in [5.74, 6) is 0. The van der Waals surface area contributed by atoms with Crippen molar-refractivity contribution in [2.75, 3.05) is 11.9 Å². The van der Waals surface area contributed by atoms with Crippen LogP contribution >= 0.6 is 0 Å². The maximum Gasteiger partial charge on any atom is 0.319 e. The van der Waals surface area contributed by atoms with Gasteiger partial charge in [-0.1, -0.05) is 31.9 Å². The summed E-state index contributed by atoms with van der Waals surface area (Å²) in [6.45, 7) is 6.95. The highest BCUT2D eigenvalue weighted by Crippen LogP contribution is 2.17. The number of carbonyl (C=O) groups is 1. The van der Waals surface area contributed by atoms with Crippen molar-refractivity contribution in [3.8, 4) is 0 Å². The minimum atomic E-state index is -0.116. The van der Waals surface area contributed by atoms with E-state index in [0.717, 1.165) is 30.6 Å². The lowest BCUT2D eigenvalue weighted by Gasteiger charge is -2.11. The number of benzene rings is 1.